The van der Waals surface area contributed by atoms with E-state index in [1.807, 2.05) is 0 Å². The van der Waals surface area contributed by atoms with Gasteiger partial charge >= 0.3 is 0 Å². The van der Waals surface area contributed by atoms with Crippen LogP contribution in [0, 0.1) is 5.82 Å². The van der Waals surface area contributed by atoms with E-state index in [0.29, 0.717) is 12.1 Å². The minimum Gasteiger partial charge on any atom is -0.313 e. The van der Waals surface area contributed by atoms with Crippen molar-refractivity contribution in [3.63, 3.8) is 0 Å². The van der Waals surface area contributed by atoms with Gasteiger partial charge in [-0.1, -0.05) is 0 Å². The van der Waals surface area contributed by atoms with Gasteiger partial charge in [-0.15, -0.1) is 0 Å². The van der Waals surface area contributed by atoms with Gasteiger partial charge < -0.3 is 10.2 Å². The zero-order valence-electron chi connectivity index (χ0n) is 10.2. The van der Waals surface area contributed by atoms with Gasteiger partial charge in [-0.2, -0.15) is 0 Å². The van der Waals surface area contributed by atoms with Gasteiger partial charge in [0.1, 0.15) is 5.82 Å². The molecule has 1 aromatic heterocycles. The molecule has 2 rings (SSSR count). The van der Waals surface area contributed by atoms with Crippen LogP contribution in [0.3, 0.4) is 0 Å². The van der Waals surface area contributed by atoms with E-state index in [2.05, 4.69) is 15.2 Å². The van der Waals surface area contributed by atoms with Crippen molar-refractivity contribution in [2.24, 2.45) is 0 Å². The molecule has 1 fully saturated rings. The third kappa shape index (κ3) is 4.06. The molecule has 0 radical (unpaired) electrons. The first kappa shape index (κ1) is 12.5. The summed E-state index contributed by atoms with van der Waals surface area (Å²) in [5, 5.41) is 3.27. The Morgan fingerprint density at radius 3 is 2.94 bits per heavy atom. The van der Waals surface area contributed by atoms with Crippen LogP contribution in [-0.4, -0.2) is 36.1 Å². The monoisotopic (exact) mass is 237 g/mol. The van der Waals surface area contributed by atoms with Crippen molar-refractivity contribution in [1.29, 1.82) is 0 Å². The summed E-state index contributed by atoms with van der Waals surface area (Å²) in [6.07, 6.45) is 6.71. The molecular weight excluding hydrogens is 217 g/mol. The Balaban J connectivity index is 1.58. The summed E-state index contributed by atoms with van der Waals surface area (Å²) in [6, 6.07) is 1.73. The van der Waals surface area contributed by atoms with Crippen molar-refractivity contribution in [2.45, 2.75) is 25.8 Å². The molecule has 94 valence electrons. The van der Waals surface area contributed by atoms with E-state index in [1.54, 1.807) is 12.3 Å². The zero-order valence-corrected chi connectivity index (χ0v) is 10.2. The Bertz CT molecular complexity index is 337. The molecular formula is C13H20FN3. The fourth-order valence-corrected chi connectivity index (χ4v) is 2.20. The van der Waals surface area contributed by atoms with Crippen molar-refractivity contribution in [2.75, 3.05) is 26.2 Å². The molecule has 1 saturated heterocycles. The molecule has 1 N–H and O–H groups in total. The minimum absolute atomic E-state index is 0.223. The smallest absolute Gasteiger partial charge is 0.145 e. The Labute approximate surface area is 102 Å². The summed E-state index contributed by atoms with van der Waals surface area (Å²) in [5.41, 5.74) is 0.696. The Morgan fingerprint density at radius 2 is 2.18 bits per heavy atom. The molecule has 1 aromatic rings. The summed E-state index contributed by atoms with van der Waals surface area (Å²) in [7, 11) is 0. The minimum atomic E-state index is -0.223. The maximum atomic E-state index is 13.2. The molecule has 0 aliphatic carbocycles. The van der Waals surface area contributed by atoms with Crippen LogP contribution < -0.4 is 5.32 Å². The van der Waals surface area contributed by atoms with Crippen molar-refractivity contribution in [1.82, 2.24) is 15.2 Å². The summed E-state index contributed by atoms with van der Waals surface area (Å²) >= 11 is 0. The number of likely N-dealkylation sites (tertiary alicyclic amines) is 1. The predicted octanol–water partition coefficient (Wildman–Crippen LogP) is 1.80. The van der Waals surface area contributed by atoms with E-state index in [0.717, 1.165) is 19.5 Å². The van der Waals surface area contributed by atoms with Crippen LogP contribution >= 0.6 is 0 Å². The number of nitrogens with zero attached hydrogens (tertiary/aromatic N) is 2. The van der Waals surface area contributed by atoms with Crippen LogP contribution in [0.4, 0.5) is 4.39 Å². The first-order valence-corrected chi connectivity index (χ1v) is 6.38. The first-order chi connectivity index (χ1) is 8.36. The largest absolute Gasteiger partial charge is 0.313 e. The topological polar surface area (TPSA) is 28.2 Å². The number of pyridine rings is 1. The lowest BCUT2D eigenvalue weighted by Gasteiger charge is -2.14. The number of halogens is 1. The fraction of sp³-hybridized carbons (Fsp3) is 0.615. The predicted molar refractivity (Wildman–Crippen MR) is 66.2 cm³/mol. The molecule has 0 aromatic carbocycles. The summed E-state index contributed by atoms with van der Waals surface area (Å²) in [6.45, 7) is 5.19. The second-order valence-corrected chi connectivity index (χ2v) is 4.55. The second-order valence-electron chi connectivity index (χ2n) is 4.55. The average molecular weight is 237 g/mol. The fourth-order valence-electron chi connectivity index (χ4n) is 2.20. The lowest BCUT2D eigenvalue weighted by molar-refractivity contribution is 0.331. The van der Waals surface area contributed by atoms with Crippen molar-refractivity contribution in [3.8, 4) is 0 Å². The van der Waals surface area contributed by atoms with E-state index in [-0.39, 0.29) is 5.82 Å². The molecule has 0 amide bonds. The quantitative estimate of drug-likeness (QED) is 0.765. The molecule has 4 heteroatoms. The second kappa shape index (κ2) is 6.67. The van der Waals surface area contributed by atoms with Crippen LogP contribution in [-0.2, 0) is 6.54 Å². The number of hydrogen-bond acceptors (Lipinski definition) is 3. The average Bonchev–Trinajstić information content (AvgIpc) is 2.84. The zero-order chi connectivity index (χ0) is 11.9. The Kier molecular flexibility index (Phi) is 4.88. The highest BCUT2D eigenvalue weighted by Gasteiger charge is 2.09. The lowest BCUT2D eigenvalue weighted by Crippen LogP contribution is -2.24. The third-order valence-corrected chi connectivity index (χ3v) is 3.20. The van der Waals surface area contributed by atoms with Crippen LogP contribution in [0.2, 0.25) is 0 Å². The molecule has 2 heterocycles. The number of rotatable bonds is 6. The van der Waals surface area contributed by atoms with Crippen LogP contribution in [0.1, 0.15) is 24.8 Å². The summed E-state index contributed by atoms with van der Waals surface area (Å²) < 4.78 is 13.2. The highest BCUT2D eigenvalue weighted by atomic mass is 19.1. The van der Waals surface area contributed by atoms with Crippen molar-refractivity contribution >= 4 is 0 Å². The molecule has 1 aliphatic heterocycles. The van der Waals surface area contributed by atoms with E-state index < -0.39 is 0 Å². The molecule has 3 nitrogen and oxygen atoms in total. The van der Waals surface area contributed by atoms with E-state index in [4.69, 9.17) is 0 Å². The molecule has 1 aliphatic rings. The van der Waals surface area contributed by atoms with Crippen LogP contribution in [0.5, 0.6) is 0 Å². The molecule has 0 bridgehead atoms. The standard InChI is InChI=1S/C13H20FN3/c14-13-11-16-6-4-12(13)10-15-5-3-9-17-7-1-2-8-17/h4,6,11,15H,1-3,5,7-10H2. The van der Waals surface area contributed by atoms with Gasteiger partial charge in [-0.25, -0.2) is 4.39 Å². The third-order valence-electron chi connectivity index (χ3n) is 3.20. The Hall–Kier alpha value is -1.00. The normalized spacial score (nSPS) is 16.5. The molecule has 0 unspecified atom stereocenters. The van der Waals surface area contributed by atoms with Crippen molar-refractivity contribution in [3.05, 3.63) is 29.8 Å². The van der Waals surface area contributed by atoms with Gasteiger partial charge in [0.2, 0.25) is 0 Å². The number of nitrogens with one attached hydrogen (secondary N) is 1. The van der Waals surface area contributed by atoms with Gasteiger partial charge in [-0.05, 0) is 51.5 Å². The van der Waals surface area contributed by atoms with Crippen molar-refractivity contribution < 1.29 is 4.39 Å². The van der Waals surface area contributed by atoms with Crippen LogP contribution in [0.15, 0.2) is 18.5 Å². The van der Waals surface area contributed by atoms with Gasteiger partial charge in [0.05, 0.1) is 6.20 Å². The van der Waals surface area contributed by atoms with E-state index >= 15 is 0 Å². The molecule has 0 saturated carbocycles. The van der Waals surface area contributed by atoms with Gasteiger partial charge in [0.15, 0.2) is 0 Å². The first-order valence-electron chi connectivity index (χ1n) is 6.38. The lowest BCUT2D eigenvalue weighted by atomic mass is 10.2. The highest BCUT2D eigenvalue weighted by Crippen LogP contribution is 2.07. The maximum absolute atomic E-state index is 13.2. The van der Waals surface area contributed by atoms with Gasteiger partial charge in [0, 0.05) is 18.3 Å². The summed E-state index contributed by atoms with van der Waals surface area (Å²) in [5.74, 6) is -0.223. The number of hydrogen-bond donors (Lipinski definition) is 1. The maximum Gasteiger partial charge on any atom is 0.145 e. The SMILES string of the molecule is Fc1cnccc1CNCCCN1CCCC1. The van der Waals surface area contributed by atoms with Gasteiger partial charge in [0.25, 0.3) is 0 Å². The van der Waals surface area contributed by atoms with Crippen LogP contribution in [0.25, 0.3) is 0 Å². The van der Waals surface area contributed by atoms with E-state index in [1.165, 1.54) is 32.1 Å². The summed E-state index contributed by atoms with van der Waals surface area (Å²) in [4.78, 5) is 6.23. The molecule has 0 spiro atoms. The molecule has 0 atom stereocenters. The Morgan fingerprint density at radius 1 is 1.35 bits per heavy atom. The molecule has 17 heavy (non-hydrogen) atoms. The highest BCUT2D eigenvalue weighted by molar-refractivity contribution is 5.11. The van der Waals surface area contributed by atoms with Gasteiger partial charge in [-0.3, -0.25) is 4.98 Å². The van der Waals surface area contributed by atoms with E-state index in [9.17, 15) is 4.39 Å². The number of aromatic nitrogens is 1.